The van der Waals surface area contributed by atoms with E-state index in [1.54, 1.807) is 0 Å². The SMILES string of the molecule is C[C@@H]1CN(C)CCN1c1ccccc1. The standard InChI is InChI=1S/C12H18N2/c1-11-10-13(2)8-9-14(11)12-6-4-3-5-7-12/h3-7,11H,8-10H2,1-2H3/t11-/m1/s1. The van der Waals surface area contributed by atoms with E-state index in [0.29, 0.717) is 6.04 Å². The van der Waals surface area contributed by atoms with Crippen LogP contribution in [-0.2, 0) is 0 Å². The number of rotatable bonds is 1. The Hall–Kier alpha value is -1.02. The Morgan fingerprint density at radius 3 is 2.50 bits per heavy atom. The topological polar surface area (TPSA) is 6.48 Å². The van der Waals surface area contributed by atoms with Gasteiger partial charge >= 0.3 is 0 Å². The maximum absolute atomic E-state index is 2.49. The number of benzene rings is 1. The van der Waals surface area contributed by atoms with E-state index in [1.165, 1.54) is 12.2 Å². The van der Waals surface area contributed by atoms with Crippen molar-refractivity contribution in [1.82, 2.24) is 4.90 Å². The minimum absolute atomic E-state index is 0.621. The second kappa shape index (κ2) is 4.01. The van der Waals surface area contributed by atoms with Crippen molar-refractivity contribution in [3.8, 4) is 0 Å². The number of likely N-dealkylation sites (N-methyl/N-ethyl adjacent to an activating group) is 1. The lowest BCUT2D eigenvalue weighted by molar-refractivity contribution is 0.275. The van der Waals surface area contributed by atoms with Gasteiger partial charge in [0, 0.05) is 31.4 Å². The van der Waals surface area contributed by atoms with Gasteiger partial charge in [0.1, 0.15) is 0 Å². The van der Waals surface area contributed by atoms with Crippen LogP contribution in [0.15, 0.2) is 30.3 Å². The molecular weight excluding hydrogens is 172 g/mol. The number of hydrogen-bond acceptors (Lipinski definition) is 2. The summed E-state index contributed by atoms with van der Waals surface area (Å²) in [6.07, 6.45) is 0. The van der Waals surface area contributed by atoms with Gasteiger partial charge in [0.05, 0.1) is 0 Å². The normalized spacial score (nSPS) is 23.9. The second-order valence-corrected chi connectivity index (χ2v) is 4.14. The highest BCUT2D eigenvalue weighted by atomic mass is 15.3. The Labute approximate surface area is 86.1 Å². The van der Waals surface area contributed by atoms with Gasteiger partial charge in [0.25, 0.3) is 0 Å². The minimum Gasteiger partial charge on any atom is -0.366 e. The molecule has 0 unspecified atom stereocenters. The van der Waals surface area contributed by atoms with Crippen LogP contribution in [0.2, 0.25) is 0 Å². The Kier molecular flexibility index (Phi) is 2.73. The summed E-state index contributed by atoms with van der Waals surface area (Å²) < 4.78 is 0. The minimum atomic E-state index is 0.621. The van der Waals surface area contributed by atoms with Gasteiger partial charge in [0.15, 0.2) is 0 Å². The summed E-state index contributed by atoms with van der Waals surface area (Å²) in [7, 11) is 2.19. The van der Waals surface area contributed by atoms with Gasteiger partial charge in [-0.25, -0.2) is 0 Å². The zero-order valence-corrected chi connectivity index (χ0v) is 8.98. The lowest BCUT2D eigenvalue weighted by Gasteiger charge is -2.39. The molecule has 1 fully saturated rings. The van der Waals surface area contributed by atoms with Gasteiger partial charge in [-0.2, -0.15) is 0 Å². The van der Waals surface area contributed by atoms with Crippen molar-refractivity contribution in [2.75, 3.05) is 31.6 Å². The Balaban J connectivity index is 2.12. The molecule has 2 rings (SSSR count). The van der Waals surface area contributed by atoms with Crippen LogP contribution in [0.3, 0.4) is 0 Å². The lowest BCUT2D eigenvalue weighted by atomic mass is 10.1. The molecule has 0 spiro atoms. The third-order valence-corrected chi connectivity index (χ3v) is 2.92. The van der Waals surface area contributed by atoms with Crippen molar-refractivity contribution in [3.05, 3.63) is 30.3 Å². The number of hydrogen-bond donors (Lipinski definition) is 0. The highest BCUT2D eigenvalue weighted by Gasteiger charge is 2.20. The molecule has 0 radical (unpaired) electrons. The van der Waals surface area contributed by atoms with E-state index in [1.807, 2.05) is 0 Å². The van der Waals surface area contributed by atoms with Crippen LogP contribution in [0.25, 0.3) is 0 Å². The van der Waals surface area contributed by atoms with E-state index >= 15 is 0 Å². The zero-order valence-electron chi connectivity index (χ0n) is 8.98. The highest BCUT2D eigenvalue weighted by molar-refractivity contribution is 5.47. The molecule has 0 aliphatic carbocycles. The summed E-state index contributed by atoms with van der Waals surface area (Å²) in [5, 5.41) is 0. The fourth-order valence-electron chi connectivity index (χ4n) is 2.14. The first-order valence-electron chi connectivity index (χ1n) is 5.27. The molecular formula is C12H18N2. The average Bonchev–Trinajstić information content (AvgIpc) is 2.19. The van der Waals surface area contributed by atoms with E-state index in [4.69, 9.17) is 0 Å². The molecule has 1 aliphatic heterocycles. The van der Waals surface area contributed by atoms with Crippen molar-refractivity contribution in [2.45, 2.75) is 13.0 Å². The number of para-hydroxylation sites is 1. The first-order valence-corrected chi connectivity index (χ1v) is 5.27. The summed E-state index contributed by atoms with van der Waals surface area (Å²) in [4.78, 5) is 4.88. The van der Waals surface area contributed by atoms with Crippen molar-refractivity contribution in [1.29, 1.82) is 0 Å². The fraction of sp³-hybridized carbons (Fsp3) is 0.500. The molecule has 0 bridgehead atoms. The number of anilines is 1. The predicted molar refractivity (Wildman–Crippen MR) is 60.7 cm³/mol. The van der Waals surface area contributed by atoms with Crippen LogP contribution in [0.1, 0.15) is 6.92 Å². The van der Waals surface area contributed by atoms with Crippen molar-refractivity contribution in [3.63, 3.8) is 0 Å². The largest absolute Gasteiger partial charge is 0.366 e. The molecule has 1 atom stereocenters. The van der Waals surface area contributed by atoms with Gasteiger partial charge in [-0.3, -0.25) is 0 Å². The van der Waals surface area contributed by atoms with E-state index in [9.17, 15) is 0 Å². The van der Waals surface area contributed by atoms with Crippen LogP contribution >= 0.6 is 0 Å². The van der Waals surface area contributed by atoms with Gasteiger partial charge in [0.2, 0.25) is 0 Å². The molecule has 0 N–H and O–H groups in total. The molecule has 2 heteroatoms. The smallest absolute Gasteiger partial charge is 0.0389 e. The van der Waals surface area contributed by atoms with Crippen molar-refractivity contribution < 1.29 is 0 Å². The van der Waals surface area contributed by atoms with Gasteiger partial charge < -0.3 is 9.80 Å². The summed E-state index contributed by atoms with van der Waals surface area (Å²) in [5.41, 5.74) is 1.35. The highest BCUT2D eigenvalue weighted by Crippen LogP contribution is 2.18. The summed E-state index contributed by atoms with van der Waals surface area (Å²) in [6, 6.07) is 11.3. The summed E-state index contributed by atoms with van der Waals surface area (Å²) in [6.45, 7) is 5.76. The molecule has 1 heterocycles. The summed E-state index contributed by atoms with van der Waals surface area (Å²) >= 11 is 0. The maximum Gasteiger partial charge on any atom is 0.0389 e. The predicted octanol–water partition coefficient (Wildman–Crippen LogP) is 1.83. The Morgan fingerprint density at radius 1 is 1.14 bits per heavy atom. The lowest BCUT2D eigenvalue weighted by Crippen LogP contribution is -2.50. The first-order chi connectivity index (χ1) is 6.77. The first kappa shape index (κ1) is 9.53. The second-order valence-electron chi connectivity index (χ2n) is 4.14. The third kappa shape index (κ3) is 1.90. The zero-order chi connectivity index (χ0) is 9.97. The molecule has 1 aromatic carbocycles. The quantitative estimate of drug-likeness (QED) is 0.666. The maximum atomic E-state index is 2.49. The molecule has 1 saturated heterocycles. The molecule has 0 amide bonds. The fourth-order valence-corrected chi connectivity index (χ4v) is 2.14. The van der Waals surface area contributed by atoms with Gasteiger partial charge in [-0.05, 0) is 26.1 Å². The number of nitrogens with zero attached hydrogens (tertiary/aromatic N) is 2. The van der Waals surface area contributed by atoms with Crippen LogP contribution in [0, 0.1) is 0 Å². The number of piperazine rings is 1. The molecule has 0 saturated carbocycles. The van der Waals surface area contributed by atoms with E-state index in [0.717, 1.165) is 13.1 Å². The van der Waals surface area contributed by atoms with Crippen LogP contribution < -0.4 is 4.90 Å². The van der Waals surface area contributed by atoms with Crippen molar-refractivity contribution >= 4 is 5.69 Å². The van der Waals surface area contributed by atoms with Gasteiger partial charge in [-0.15, -0.1) is 0 Å². The third-order valence-electron chi connectivity index (χ3n) is 2.92. The Bertz CT molecular complexity index is 284. The van der Waals surface area contributed by atoms with Crippen molar-refractivity contribution in [2.24, 2.45) is 0 Å². The molecule has 14 heavy (non-hydrogen) atoms. The van der Waals surface area contributed by atoms with E-state index in [-0.39, 0.29) is 0 Å². The van der Waals surface area contributed by atoms with E-state index in [2.05, 4.69) is 54.1 Å². The Morgan fingerprint density at radius 2 is 1.86 bits per heavy atom. The van der Waals surface area contributed by atoms with E-state index < -0.39 is 0 Å². The molecule has 2 nitrogen and oxygen atoms in total. The van der Waals surface area contributed by atoms with Crippen LogP contribution in [0.4, 0.5) is 5.69 Å². The average molecular weight is 190 g/mol. The van der Waals surface area contributed by atoms with Crippen LogP contribution in [-0.4, -0.2) is 37.6 Å². The van der Waals surface area contributed by atoms with Crippen LogP contribution in [0.5, 0.6) is 0 Å². The van der Waals surface area contributed by atoms with Gasteiger partial charge in [-0.1, -0.05) is 18.2 Å². The molecule has 76 valence electrons. The molecule has 1 aromatic rings. The summed E-state index contributed by atoms with van der Waals surface area (Å²) in [5.74, 6) is 0. The monoisotopic (exact) mass is 190 g/mol. The molecule has 1 aliphatic rings. The molecule has 0 aromatic heterocycles.